The Morgan fingerprint density at radius 1 is 0.826 bits per heavy atom. The molecule has 0 N–H and O–H groups in total. The van der Waals surface area contributed by atoms with Gasteiger partial charge in [0.25, 0.3) is 0 Å². The fourth-order valence-corrected chi connectivity index (χ4v) is 3.35. The predicted molar refractivity (Wildman–Crippen MR) is 105 cm³/mol. The molecule has 2 rings (SSSR count). The van der Waals surface area contributed by atoms with Crippen molar-refractivity contribution in [3.05, 3.63) is 42.5 Å². The van der Waals surface area contributed by atoms with Crippen molar-refractivity contribution < 1.29 is 0 Å². The van der Waals surface area contributed by atoms with Crippen LogP contribution in [0.5, 0.6) is 0 Å². The molecule has 3 heteroatoms. The van der Waals surface area contributed by atoms with E-state index in [2.05, 4.69) is 93.8 Å². The van der Waals surface area contributed by atoms with Crippen LogP contribution >= 0.6 is 0 Å². The van der Waals surface area contributed by atoms with Gasteiger partial charge in [-0.1, -0.05) is 57.0 Å². The lowest BCUT2D eigenvalue weighted by Gasteiger charge is -2.25. The first kappa shape index (κ1) is 18.6. The molecule has 2 aromatic rings. The van der Waals surface area contributed by atoms with Gasteiger partial charge in [0.05, 0.1) is 0 Å². The molecule has 0 aliphatic rings. The molecule has 0 saturated carbocycles. The van der Waals surface area contributed by atoms with Gasteiger partial charge in [0.15, 0.2) is 32.6 Å². The van der Waals surface area contributed by atoms with Crippen molar-refractivity contribution in [1.82, 2.24) is 0 Å². The van der Waals surface area contributed by atoms with E-state index < -0.39 is 0 Å². The van der Waals surface area contributed by atoms with E-state index in [0.717, 1.165) is 13.1 Å². The van der Waals surface area contributed by atoms with Crippen molar-refractivity contribution in [2.24, 2.45) is 0 Å². The summed E-state index contributed by atoms with van der Waals surface area (Å²) in [5, 5.41) is 0. The molecule has 0 atom stereocenters. The monoisotopic (exact) mass is 333 g/mol. The molecular formula is C20H25Al2N. The van der Waals surface area contributed by atoms with E-state index in [4.69, 9.17) is 0 Å². The molecule has 1 nitrogen and oxygen atoms in total. The van der Waals surface area contributed by atoms with Gasteiger partial charge in [0.2, 0.25) is 0 Å². The highest BCUT2D eigenvalue weighted by Gasteiger charge is 2.07. The first-order chi connectivity index (χ1) is 11.2. The van der Waals surface area contributed by atoms with Crippen LogP contribution in [0.15, 0.2) is 42.5 Å². The molecule has 23 heavy (non-hydrogen) atoms. The third-order valence-corrected chi connectivity index (χ3v) is 5.05. The maximum absolute atomic E-state index is 2.84. The fourth-order valence-electron chi connectivity index (χ4n) is 2.74. The average molecular weight is 333 g/mol. The molecule has 0 saturated heterocycles. The zero-order valence-electron chi connectivity index (χ0n) is 14.4. The largest absolute Gasteiger partial charge is 0.372 e. The Bertz CT molecular complexity index is 600. The van der Waals surface area contributed by atoms with Crippen molar-refractivity contribution in [2.45, 2.75) is 39.5 Å². The Morgan fingerprint density at radius 2 is 1.43 bits per heavy atom. The lowest BCUT2D eigenvalue weighted by Crippen LogP contribution is -2.25. The summed E-state index contributed by atoms with van der Waals surface area (Å²) in [6.45, 7) is 6.84. The molecule has 0 aromatic heterocycles. The SMILES string of the molecule is CCCCN(CCCC)c1ccc(-c2c[c]([Al])cc[c]2[Al])cc1. The number of anilines is 1. The minimum Gasteiger partial charge on any atom is -0.372 e. The predicted octanol–water partition coefficient (Wildman–Crippen LogP) is 3.35. The van der Waals surface area contributed by atoms with E-state index in [0.29, 0.717) is 0 Å². The average Bonchev–Trinajstić information content (AvgIpc) is 2.57. The third-order valence-electron chi connectivity index (χ3n) is 4.18. The summed E-state index contributed by atoms with van der Waals surface area (Å²) < 4.78 is 2.47. The van der Waals surface area contributed by atoms with Crippen LogP contribution in [-0.4, -0.2) is 45.7 Å². The van der Waals surface area contributed by atoms with Gasteiger partial charge in [-0.05, 0) is 36.1 Å². The minimum atomic E-state index is 1.16. The van der Waals surface area contributed by atoms with Gasteiger partial charge in [-0.2, -0.15) is 0 Å². The molecule has 0 heterocycles. The summed E-state index contributed by atoms with van der Waals surface area (Å²) in [7, 11) is 0. The highest BCUT2D eigenvalue weighted by molar-refractivity contribution is 6.38. The summed E-state index contributed by atoms with van der Waals surface area (Å²) >= 11 is 5.62. The van der Waals surface area contributed by atoms with E-state index in [1.807, 2.05) is 0 Å². The number of benzene rings is 2. The molecule has 0 bridgehead atoms. The van der Waals surface area contributed by atoms with Crippen molar-refractivity contribution in [3.8, 4) is 11.1 Å². The Kier molecular flexibility index (Phi) is 7.75. The second-order valence-electron chi connectivity index (χ2n) is 6.09. The van der Waals surface area contributed by atoms with Gasteiger partial charge < -0.3 is 4.90 Å². The zero-order chi connectivity index (χ0) is 16.7. The lowest BCUT2D eigenvalue weighted by molar-refractivity contribution is 0.678. The van der Waals surface area contributed by atoms with Crippen LogP contribution in [0.4, 0.5) is 5.69 Å². The first-order valence-electron chi connectivity index (χ1n) is 8.66. The van der Waals surface area contributed by atoms with Crippen LogP contribution in [0.1, 0.15) is 39.5 Å². The third kappa shape index (κ3) is 5.41. The fraction of sp³-hybridized carbons (Fsp3) is 0.400. The topological polar surface area (TPSA) is 3.24 Å². The van der Waals surface area contributed by atoms with Gasteiger partial charge in [0.1, 0.15) is 0 Å². The zero-order valence-corrected chi connectivity index (χ0v) is 16.7. The van der Waals surface area contributed by atoms with Crippen LogP contribution in [0.2, 0.25) is 0 Å². The molecule has 0 unspecified atom stereocenters. The van der Waals surface area contributed by atoms with Gasteiger partial charge in [0, 0.05) is 18.8 Å². The number of nitrogens with zero attached hydrogens (tertiary/aromatic N) is 1. The van der Waals surface area contributed by atoms with E-state index in [1.54, 1.807) is 0 Å². The van der Waals surface area contributed by atoms with Crippen molar-refractivity contribution in [2.75, 3.05) is 18.0 Å². The highest BCUT2D eigenvalue weighted by atomic mass is 27.1. The Morgan fingerprint density at radius 3 is 2.00 bits per heavy atom. The highest BCUT2D eigenvalue weighted by Crippen LogP contribution is 2.22. The Hall–Kier alpha value is -0.695. The van der Waals surface area contributed by atoms with Crippen molar-refractivity contribution in [1.29, 1.82) is 0 Å². The minimum absolute atomic E-state index is 1.16. The molecule has 0 amide bonds. The van der Waals surface area contributed by atoms with E-state index in [9.17, 15) is 0 Å². The maximum Gasteiger partial charge on any atom is 0.176 e. The van der Waals surface area contributed by atoms with Crippen LogP contribution in [0.25, 0.3) is 11.1 Å². The van der Waals surface area contributed by atoms with Gasteiger partial charge in [-0.15, -0.1) is 8.85 Å². The first-order valence-corrected chi connectivity index (χ1v) is 9.81. The second kappa shape index (κ2) is 9.56. The van der Waals surface area contributed by atoms with E-state index >= 15 is 0 Å². The van der Waals surface area contributed by atoms with Crippen LogP contribution in [0, 0.1) is 0 Å². The number of hydrogen-bond donors (Lipinski definition) is 0. The summed E-state index contributed by atoms with van der Waals surface area (Å²) in [4.78, 5) is 2.53. The molecule has 4 radical (unpaired) electrons. The van der Waals surface area contributed by atoms with E-state index in [1.165, 1.54) is 51.3 Å². The molecule has 116 valence electrons. The standard InChI is InChI=1S/C20H25N.2Al/c1-3-5-16-21(17-6-4-2)20-14-12-19(13-15-20)18-10-8-7-9-11-18;;/h7-8,11-15H,3-6,16-17H2,1-2H3;;. The number of hydrogen-bond acceptors (Lipinski definition) is 1. The molecule has 2 aromatic carbocycles. The number of rotatable bonds is 8. The maximum atomic E-state index is 2.84. The summed E-state index contributed by atoms with van der Waals surface area (Å²) in [6.07, 6.45) is 5.02. The summed E-state index contributed by atoms with van der Waals surface area (Å²) in [6, 6.07) is 15.6. The molecule has 0 spiro atoms. The van der Waals surface area contributed by atoms with E-state index in [-0.39, 0.29) is 0 Å². The Labute approximate surface area is 157 Å². The molecule has 0 fully saturated rings. The van der Waals surface area contributed by atoms with Crippen molar-refractivity contribution >= 4 is 47.1 Å². The Balaban J connectivity index is 2.20. The smallest absolute Gasteiger partial charge is 0.176 e. The van der Waals surface area contributed by atoms with Gasteiger partial charge in [-0.25, -0.2) is 0 Å². The molecular weight excluding hydrogens is 308 g/mol. The number of unbranched alkanes of at least 4 members (excludes halogenated alkanes) is 2. The van der Waals surface area contributed by atoms with Crippen molar-refractivity contribution in [3.63, 3.8) is 0 Å². The van der Waals surface area contributed by atoms with Crippen LogP contribution in [-0.2, 0) is 0 Å². The van der Waals surface area contributed by atoms with Crippen LogP contribution < -0.4 is 13.8 Å². The summed E-state index contributed by atoms with van der Waals surface area (Å²) in [5.41, 5.74) is 3.93. The molecule has 0 aliphatic heterocycles. The quantitative estimate of drug-likeness (QED) is 0.670. The lowest BCUT2D eigenvalue weighted by atomic mass is 10.0. The second-order valence-corrected chi connectivity index (χ2v) is 7.38. The van der Waals surface area contributed by atoms with Gasteiger partial charge >= 0.3 is 0 Å². The van der Waals surface area contributed by atoms with Gasteiger partial charge in [-0.3, -0.25) is 0 Å². The van der Waals surface area contributed by atoms with Crippen LogP contribution in [0.3, 0.4) is 0 Å². The normalized spacial score (nSPS) is 10.7. The summed E-state index contributed by atoms with van der Waals surface area (Å²) in [5.74, 6) is 0. The molecule has 0 aliphatic carbocycles.